The van der Waals surface area contributed by atoms with Crippen LogP contribution in [0.15, 0.2) is 0 Å². The van der Waals surface area contributed by atoms with E-state index >= 15 is 0 Å². The van der Waals surface area contributed by atoms with Gasteiger partial charge in [0.25, 0.3) is 0 Å². The van der Waals surface area contributed by atoms with Crippen LogP contribution < -0.4 is 0 Å². The van der Waals surface area contributed by atoms with Crippen molar-refractivity contribution >= 4 is 5.91 Å². The van der Waals surface area contributed by atoms with E-state index in [0.29, 0.717) is 18.9 Å². The predicted octanol–water partition coefficient (Wildman–Crippen LogP) is 1.26. The number of carbonyl (C=O) groups excluding carboxylic acids is 1. The van der Waals surface area contributed by atoms with Crippen LogP contribution in [0.2, 0.25) is 0 Å². The van der Waals surface area contributed by atoms with Crippen LogP contribution in [0.1, 0.15) is 33.1 Å². The van der Waals surface area contributed by atoms with Gasteiger partial charge in [-0.2, -0.15) is 0 Å². The van der Waals surface area contributed by atoms with Crippen molar-refractivity contribution in [2.24, 2.45) is 11.8 Å². The molecule has 82 valence electrons. The third-order valence-electron chi connectivity index (χ3n) is 3.00. The van der Waals surface area contributed by atoms with Crippen molar-refractivity contribution in [2.45, 2.75) is 33.1 Å². The summed E-state index contributed by atoms with van der Waals surface area (Å²) in [6, 6.07) is 0. The second-order valence-electron chi connectivity index (χ2n) is 4.12. The lowest BCUT2D eigenvalue weighted by atomic mass is 10.0. The predicted molar refractivity (Wildman–Crippen MR) is 55.8 cm³/mol. The first-order chi connectivity index (χ1) is 6.70. The van der Waals surface area contributed by atoms with Gasteiger partial charge in [0.05, 0.1) is 0 Å². The van der Waals surface area contributed by atoms with Crippen molar-refractivity contribution in [1.29, 1.82) is 0 Å². The molecule has 14 heavy (non-hydrogen) atoms. The molecule has 0 saturated heterocycles. The van der Waals surface area contributed by atoms with Gasteiger partial charge < -0.3 is 10.0 Å². The highest BCUT2D eigenvalue weighted by Crippen LogP contribution is 2.37. The number of carbonyl (C=O) groups is 1. The van der Waals surface area contributed by atoms with E-state index in [1.54, 1.807) is 0 Å². The van der Waals surface area contributed by atoms with Gasteiger partial charge in [0.15, 0.2) is 0 Å². The van der Waals surface area contributed by atoms with Crippen LogP contribution in [0.25, 0.3) is 0 Å². The summed E-state index contributed by atoms with van der Waals surface area (Å²) in [5, 5.41) is 8.71. The van der Waals surface area contributed by atoms with Crippen LogP contribution in [0.5, 0.6) is 0 Å². The third-order valence-corrected chi connectivity index (χ3v) is 3.00. The Hall–Kier alpha value is -0.570. The van der Waals surface area contributed by atoms with Gasteiger partial charge in [0, 0.05) is 25.6 Å². The maximum Gasteiger partial charge on any atom is 0.225 e. The molecule has 0 heterocycles. The summed E-state index contributed by atoms with van der Waals surface area (Å²) in [6.45, 7) is 5.65. The summed E-state index contributed by atoms with van der Waals surface area (Å²) in [7, 11) is 0. The fourth-order valence-corrected chi connectivity index (χ4v) is 1.77. The average Bonchev–Trinajstić information content (AvgIpc) is 3.01. The largest absolute Gasteiger partial charge is 0.396 e. The molecule has 0 aromatic heterocycles. The lowest BCUT2D eigenvalue weighted by Gasteiger charge is -2.24. The SMILES string of the molecule is CCN(CCCO)C(=O)C(C)C1CC1. The normalized spacial score (nSPS) is 17.9. The Labute approximate surface area is 86.1 Å². The minimum atomic E-state index is 0.168. The summed E-state index contributed by atoms with van der Waals surface area (Å²) in [4.78, 5) is 13.8. The molecule has 0 radical (unpaired) electrons. The van der Waals surface area contributed by atoms with Crippen LogP contribution in [-0.2, 0) is 4.79 Å². The van der Waals surface area contributed by atoms with Gasteiger partial charge in [-0.25, -0.2) is 0 Å². The Morgan fingerprint density at radius 1 is 1.57 bits per heavy atom. The smallest absolute Gasteiger partial charge is 0.225 e. The summed E-state index contributed by atoms with van der Waals surface area (Å²) in [5.41, 5.74) is 0. The molecule has 1 atom stereocenters. The van der Waals surface area contributed by atoms with Gasteiger partial charge in [-0.05, 0) is 32.1 Å². The fourth-order valence-electron chi connectivity index (χ4n) is 1.77. The highest BCUT2D eigenvalue weighted by atomic mass is 16.3. The Morgan fingerprint density at radius 2 is 2.21 bits per heavy atom. The van der Waals surface area contributed by atoms with Crippen LogP contribution in [-0.4, -0.2) is 35.6 Å². The van der Waals surface area contributed by atoms with E-state index in [9.17, 15) is 4.79 Å². The zero-order valence-electron chi connectivity index (χ0n) is 9.20. The molecule has 0 aromatic carbocycles. The number of aliphatic hydroxyl groups is 1. The van der Waals surface area contributed by atoms with Crippen molar-refractivity contribution in [1.82, 2.24) is 4.90 Å². The monoisotopic (exact) mass is 199 g/mol. The van der Waals surface area contributed by atoms with E-state index in [1.165, 1.54) is 12.8 Å². The summed E-state index contributed by atoms with van der Waals surface area (Å²) < 4.78 is 0. The third kappa shape index (κ3) is 2.98. The number of aliphatic hydroxyl groups excluding tert-OH is 1. The molecule has 1 rings (SSSR count). The fraction of sp³-hybridized carbons (Fsp3) is 0.909. The maximum absolute atomic E-state index is 11.9. The minimum Gasteiger partial charge on any atom is -0.396 e. The first-order valence-corrected chi connectivity index (χ1v) is 5.60. The van der Waals surface area contributed by atoms with E-state index in [-0.39, 0.29) is 18.4 Å². The quantitative estimate of drug-likeness (QED) is 0.699. The Balaban J connectivity index is 2.37. The van der Waals surface area contributed by atoms with Crippen molar-refractivity contribution in [3.05, 3.63) is 0 Å². The topological polar surface area (TPSA) is 40.5 Å². The summed E-state index contributed by atoms with van der Waals surface area (Å²) in [5.74, 6) is 1.09. The first kappa shape index (κ1) is 11.5. The molecule has 0 aliphatic heterocycles. The highest BCUT2D eigenvalue weighted by molar-refractivity contribution is 5.79. The summed E-state index contributed by atoms with van der Waals surface area (Å²) >= 11 is 0. The van der Waals surface area contributed by atoms with E-state index in [0.717, 1.165) is 6.54 Å². The molecule has 3 nitrogen and oxygen atoms in total. The Bertz CT molecular complexity index is 190. The second-order valence-corrected chi connectivity index (χ2v) is 4.12. The van der Waals surface area contributed by atoms with E-state index in [1.807, 2.05) is 18.7 Å². The van der Waals surface area contributed by atoms with Crippen molar-refractivity contribution in [2.75, 3.05) is 19.7 Å². The minimum absolute atomic E-state index is 0.168. The molecule has 1 unspecified atom stereocenters. The highest BCUT2D eigenvalue weighted by Gasteiger charge is 2.34. The Kier molecular flexibility index (Phi) is 4.39. The second kappa shape index (κ2) is 5.35. The number of amides is 1. The van der Waals surface area contributed by atoms with Crippen LogP contribution in [0.4, 0.5) is 0 Å². The van der Waals surface area contributed by atoms with E-state index in [4.69, 9.17) is 5.11 Å². The van der Waals surface area contributed by atoms with E-state index < -0.39 is 0 Å². The van der Waals surface area contributed by atoms with Gasteiger partial charge in [-0.1, -0.05) is 6.92 Å². The van der Waals surface area contributed by atoms with Crippen LogP contribution in [0, 0.1) is 11.8 Å². The molecule has 0 bridgehead atoms. The van der Waals surface area contributed by atoms with Crippen molar-refractivity contribution in [3.8, 4) is 0 Å². The molecule has 1 amide bonds. The molecule has 1 aliphatic rings. The summed E-state index contributed by atoms with van der Waals surface area (Å²) in [6.07, 6.45) is 3.12. The average molecular weight is 199 g/mol. The number of hydrogen-bond donors (Lipinski definition) is 1. The lowest BCUT2D eigenvalue weighted by molar-refractivity contribution is -0.135. The van der Waals surface area contributed by atoms with Crippen LogP contribution >= 0.6 is 0 Å². The molecule has 0 spiro atoms. The number of nitrogens with zero attached hydrogens (tertiary/aromatic N) is 1. The van der Waals surface area contributed by atoms with Gasteiger partial charge in [0.2, 0.25) is 5.91 Å². The molecular weight excluding hydrogens is 178 g/mol. The molecule has 1 fully saturated rings. The number of hydrogen-bond acceptors (Lipinski definition) is 2. The van der Waals surface area contributed by atoms with Crippen molar-refractivity contribution < 1.29 is 9.90 Å². The zero-order chi connectivity index (χ0) is 10.6. The van der Waals surface area contributed by atoms with Crippen LogP contribution in [0.3, 0.4) is 0 Å². The first-order valence-electron chi connectivity index (χ1n) is 5.60. The Morgan fingerprint density at radius 3 is 2.64 bits per heavy atom. The van der Waals surface area contributed by atoms with Gasteiger partial charge in [-0.3, -0.25) is 4.79 Å². The van der Waals surface area contributed by atoms with Crippen molar-refractivity contribution in [3.63, 3.8) is 0 Å². The van der Waals surface area contributed by atoms with Gasteiger partial charge >= 0.3 is 0 Å². The molecule has 1 saturated carbocycles. The standard InChI is InChI=1S/C11H21NO2/c1-3-12(7-4-8-13)11(14)9(2)10-5-6-10/h9-10,13H,3-8H2,1-2H3. The maximum atomic E-state index is 11.9. The molecule has 0 aromatic rings. The lowest BCUT2D eigenvalue weighted by Crippen LogP contribution is -2.36. The molecule has 1 N–H and O–H groups in total. The molecule has 1 aliphatic carbocycles. The van der Waals surface area contributed by atoms with E-state index in [2.05, 4.69) is 0 Å². The number of rotatable bonds is 6. The van der Waals surface area contributed by atoms with Gasteiger partial charge in [-0.15, -0.1) is 0 Å². The molecular formula is C11H21NO2. The molecule has 3 heteroatoms. The zero-order valence-corrected chi connectivity index (χ0v) is 9.20. The van der Waals surface area contributed by atoms with Gasteiger partial charge in [0.1, 0.15) is 0 Å².